The van der Waals surface area contributed by atoms with E-state index < -0.39 is 5.25 Å². The Labute approximate surface area is 180 Å². The van der Waals surface area contributed by atoms with Crippen molar-refractivity contribution in [3.05, 3.63) is 49.0 Å². The van der Waals surface area contributed by atoms with Gasteiger partial charge in [-0.05, 0) is 49.9 Å². The van der Waals surface area contributed by atoms with Crippen molar-refractivity contribution in [3.8, 4) is 0 Å². The molecule has 0 radical (unpaired) electrons. The molecule has 1 atom stereocenters. The summed E-state index contributed by atoms with van der Waals surface area (Å²) in [5.41, 5.74) is 1.57. The molecule has 0 fully saturated rings. The predicted molar refractivity (Wildman–Crippen MR) is 117 cm³/mol. The number of fused-ring (bicyclic) bond motifs is 3. The van der Waals surface area contributed by atoms with Crippen LogP contribution in [0.1, 0.15) is 23.8 Å². The molecule has 4 rings (SSSR count). The highest BCUT2D eigenvalue weighted by atomic mass is 35.5. The van der Waals surface area contributed by atoms with Crippen LogP contribution in [-0.2, 0) is 24.7 Å². The van der Waals surface area contributed by atoms with Gasteiger partial charge in [0.2, 0.25) is 5.91 Å². The third-order valence-corrected chi connectivity index (χ3v) is 7.64. The van der Waals surface area contributed by atoms with Crippen LogP contribution in [0, 0.1) is 0 Å². The SMILES string of the molecule is CC(Sc1nc2sc3c(c2c(=O)n1C)CCC3)C(=O)Nc1cc(Cl)ccc1Cl. The van der Waals surface area contributed by atoms with Gasteiger partial charge < -0.3 is 5.32 Å². The second kappa shape index (κ2) is 7.71. The number of aromatic nitrogens is 2. The van der Waals surface area contributed by atoms with Gasteiger partial charge in [-0.15, -0.1) is 11.3 Å². The number of aryl methyl sites for hydroxylation is 2. The highest BCUT2D eigenvalue weighted by Gasteiger charge is 2.24. The Morgan fingerprint density at radius 3 is 2.93 bits per heavy atom. The van der Waals surface area contributed by atoms with Crippen LogP contribution in [0.2, 0.25) is 10.0 Å². The highest BCUT2D eigenvalue weighted by molar-refractivity contribution is 8.00. The average molecular weight is 454 g/mol. The molecule has 2 aromatic heterocycles. The smallest absolute Gasteiger partial charge is 0.262 e. The Morgan fingerprint density at radius 1 is 1.36 bits per heavy atom. The fourth-order valence-electron chi connectivity index (χ4n) is 3.25. The quantitative estimate of drug-likeness (QED) is 0.450. The number of rotatable bonds is 4. The lowest BCUT2D eigenvalue weighted by Gasteiger charge is -2.14. The minimum absolute atomic E-state index is 0.0441. The van der Waals surface area contributed by atoms with Crippen molar-refractivity contribution in [2.75, 3.05) is 5.32 Å². The Hall–Kier alpha value is -1.54. The Balaban J connectivity index is 1.59. The summed E-state index contributed by atoms with van der Waals surface area (Å²) in [4.78, 5) is 32.2. The van der Waals surface area contributed by atoms with Gasteiger partial charge in [-0.3, -0.25) is 14.2 Å². The molecule has 1 amide bonds. The number of nitrogens with one attached hydrogen (secondary N) is 1. The number of thiophene rings is 1. The zero-order valence-corrected chi connectivity index (χ0v) is 18.4. The van der Waals surface area contributed by atoms with E-state index in [1.54, 1.807) is 43.5 Å². The largest absolute Gasteiger partial charge is 0.324 e. The molecule has 9 heteroatoms. The number of hydrogen-bond acceptors (Lipinski definition) is 5. The Morgan fingerprint density at radius 2 is 2.14 bits per heavy atom. The third kappa shape index (κ3) is 3.56. The van der Waals surface area contributed by atoms with Gasteiger partial charge >= 0.3 is 0 Å². The summed E-state index contributed by atoms with van der Waals surface area (Å²) < 4.78 is 1.54. The highest BCUT2D eigenvalue weighted by Crippen LogP contribution is 2.36. The second-order valence-corrected chi connectivity index (χ2v) is 9.90. The van der Waals surface area contributed by atoms with Crippen molar-refractivity contribution in [1.29, 1.82) is 0 Å². The van der Waals surface area contributed by atoms with E-state index in [-0.39, 0.29) is 11.5 Å². The summed E-state index contributed by atoms with van der Waals surface area (Å²) in [5, 5.41) is 4.48. The molecule has 1 unspecified atom stereocenters. The molecule has 0 saturated heterocycles. The van der Waals surface area contributed by atoms with Crippen LogP contribution in [0.5, 0.6) is 0 Å². The van der Waals surface area contributed by atoms with Gasteiger partial charge in [0.1, 0.15) is 4.83 Å². The first-order valence-electron chi connectivity index (χ1n) is 8.79. The number of nitrogens with zero attached hydrogens (tertiary/aromatic N) is 2. The molecule has 5 nitrogen and oxygen atoms in total. The van der Waals surface area contributed by atoms with Crippen LogP contribution in [0.15, 0.2) is 28.2 Å². The number of anilines is 1. The Kier molecular flexibility index (Phi) is 5.44. The van der Waals surface area contributed by atoms with Crippen molar-refractivity contribution >= 4 is 68.1 Å². The van der Waals surface area contributed by atoms with E-state index in [2.05, 4.69) is 10.3 Å². The molecule has 0 spiro atoms. The Bertz CT molecular complexity index is 1160. The number of carbonyl (C=O) groups is 1. The van der Waals surface area contributed by atoms with E-state index in [0.29, 0.717) is 20.9 Å². The number of hydrogen-bond donors (Lipinski definition) is 1. The molecule has 0 aliphatic heterocycles. The van der Waals surface area contributed by atoms with Crippen molar-refractivity contribution in [2.24, 2.45) is 7.05 Å². The van der Waals surface area contributed by atoms with E-state index in [0.717, 1.165) is 35.0 Å². The zero-order chi connectivity index (χ0) is 20.0. The monoisotopic (exact) mass is 453 g/mol. The van der Waals surface area contributed by atoms with Crippen LogP contribution >= 0.6 is 46.3 Å². The van der Waals surface area contributed by atoms with Gasteiger partial charge in [0.05, 0.1) is 21.3 Å². The molecule has 1 N–H and O–H groups in total. The van der Waals surface area contributed by atoms with Gasteiger partial charge in [0, 0.05) is 16.9 Å². The zero-order valence-electron chi connectivity index (χ0n) is 15.2. The van der Waals surface area contributed by atoms with Crippen molar-refractivity contribution < 1.29 is 4.79 Å². The first-order valence-corrected chi connectivity index (χ1v) is 11.2. The van der Waals surface area contributed by atoms with E-state index in [4.69, 9.17) is 23.2 Å². The lowest BCUT2D eigenvalue weighted by molar-refractivity contribution is -0.115. The van der Waals surface area contributed by atoms with Gasteiger partial charge in [-0.25, -0.2) is 4.98 Å². The number of carbonyl (C=O) groups excluding carboxylic acids is 1. The number of thioether (sulfide) groups is 1. The molecular weight excluding hydrogens is 437 g/mol. The molecular formula is C19H17Cl2N3O2S2. The lowest BCUT2D eigenvalue weighted by atomic mass is 10.2. The molecule has 0 bridgehead atoms. The maximum atomic E-state index is 12.9. The van der Waals surface area contributed by atoms with Crippen LogP contribution in [0.3, 0.4) is 0 Å². The predicted octanol–water partition coefficient (Wildman–Crippen LogP) is 4.91. The standard InChI is InChI=1S/C19H17Cl2N3O2S2/c1-9(16(25)22-13-8-10(20)6-7-12(13)21)27-19-23-17-15(18(26)24(19)2)11-4-3-5-14(11)28-17/h6-9H,3-5H2,1-2H3,(H,22,25). The summed E-state index contributed by atoms with van der Waals surface area (Å²) in [6.45, 7) is 1.77. The summed E-state index contributed by atoms with van der Waals surface area (Å²) >= 11 is 14.9. The maximum absolute atomic E-state index is 12.9. The number of halogens is 2. The summed E-state index contributed by atoms with van der Waals surface area (Å²) in [7, 11) is 1.70. The normalized spacial score (nSPS) is 14.3. The maximum Gasteiger partial charge on any atom is 0.262 e. The fourth-order valence-corrected chi connectivity index (χ4v) is 5.76. The van der Waals surface area contributed by atoms with Gasteiger partial charge in [-0.1, -0.05) is 35.0 Å². The molecule has 146 valence electrons. The molecule has 28 heavy (non-hydrogen) atoms. The van der Waals surface area contributed by atoms with E-state index in [9.17, 15) is 9.59 Å². The second-order valence-electron chi connectivity index (χ2n) is 6.67. The van der Waals surface area contributed by atoms with E-state index >= 15 is 0 Å². The molecule has 0 saturated carbocycles. The first-order chi connectivity index (χ1) is 13.3. The van der Waals surface area contributed by atoms with Crippen molar-refractivity contribution in [1.82, 2.24) is 9.55 Å². The molecule has 1 aliphatic rings. The van der Waals surface area contributed by atoms with Crippen LogP contribution < -0.4 is 10.9 Å². The van der Waals surface area contributed by atoms with Crippen molar-refractivity contribution in [3.63, 3.8) is 0 Å². The van der Waals surface area contributed by atoms with Gasteiger partial charge in [0.25, 0.3) is 5.56 Å². The number of amides is 1. The topological polar surface area (TPSA) is 64.0 Å². The fraction of sp³-hybridized carbons (Fsp3) is 0.316. The van der Waals surface area contributed by atoms with E-state index in [1.165, 1.54) is 21.2 Å². The molecule has 1 aliphatic carbocycles. The average Bonchev–Trinajstić information content (AvgIpc) is 3.23. The van der Waals surface area contributed by atoms with Crippen LogP contribution in [0.4, 0.5) is 5.69 Å². The number of benzene rings is 1. The molecule has 2 heterocycles. The summed E-state index contributed by atoms with van der Waals surface area (Å²) in [6.07, 6.45) is 3.05. The minimum atomic E-state index is -0.475. The molecule has 1 aromatic carbocycles. The van der Waals surface area contributed by atoms with E-state index in [1.807, 2.05) is 0 Å². The minimum Gasteiger partial charge on any atom is -0.324 e. The van der Waals surface area contributed by atoms with Gasteiger partial charge in [0.15, 0.2) is 5.16 Å². The van der Waals surface area contributed by atoms with Gasteiger partial charge in [-0.2, -0.15) is 0 Å². The van der Waals surface area contributed by atoms with Crippen LogP contribution in [-0.4, -0.2) is 20.7 Å². The molecule has 3 aromatic rings. The first kappa shape index (κ1) is 19.8. The van der Waals surface area contributed by atoms with Crippen molar-refractivity contribution in [2.45, 2.75) is 36.6 Å². The summed E-state index contributed by atoms with van der Waals surface area (Å²) in [6, 6.07) is 4.89. The summed E-state index contributed by atoms with van der Waals surface area (Å²) in [5.74, 6) is -0.239. The van der Waals surface area contributed by atoms with Crippen LogP contribution in [0.25, 0.3) is 10.2 Å². The lowest BCUT2D eigenvalue weighted by Crippen LogP contribution is -2.25. The third-order valence-electron chi connectivity index (χ3n) is 4.74.